The topological polar surface area (TPSA) is 65.2 Å². The average molecular weight is 438 g/mol. The van der Waals surface area contributed by atoms with Crippen LogP contribution < -0.4 is 5.32 Å². The second kappa shape index (κ2) is 9.33. The van der Waals surface area contributed by atoms with Crippen LogP contribution in [0.5, 0.6) is 0 Å². The lowest BCUT2D eigenvalue weighted by Gasteiger charge is -2.21. The first-order valence-electron chi connectivity index (χ1n) is 11.5. The minimum atomic E-state index is -0.118. The van der Waals surface area contributed by atoms with E-state index in [2.05, 4.69) is 46.7 Å². The zero-order valence-corrected chi connectivity index (χ0v) is 18.5. The highest BCUT2D eigenvalue weighted by molar-refractivity contribution is 5.92. The van der Waals surface area contributed by atoms with Gasteiger partial charge in [0.1, 0.15) is 0 Å². The second-order valence-electron chi connectivity index (χ2n) is 8.51. The Morgan fingerprint density at radius 3 is 2.36 bits per heavy atom. The number of H-pyrrole nitrogens is 1. The molecule has 0 bridgehead atoms. The molecule has 0 saturated carbocycles. The summed E-state index contributed by atoms with van der Waals surface area (Å²) in [6.07, 6.45) is 1.37. The van der Waals surface area contributed by atoms with Crippen LogP contribution in [-0.2, 0) is 9.59 Å². The van der Waals surface area contributed by atoms with Crippen LogP contribution in [0, 0.1) is 0 Å². The van der Waals surface area contributed by atoms with Gasteiger partial charge in [0.2, 0.25) is 11.8 Å². The molecule has 1 aromatic heterocycles. The Kier molecular flexibility index (Phi) is 5.94. The monoisotopic (exact) mass is 437 g/mol. The number of carbonyl (C=O) groups is 2. The van der Waals surface area contributed by atoms with Gasteiger partial charge in [0.05, 0.1) is 12.2 Å². The van der Waals surface area contributed by atoms with Crippen molar-refractivity contribution in [3.8, 4) is 11.3 Å². The van der Waals surface area contributed by atoms with E-state index in [1.165, 1.54) is 5.56 Å². The Balaban J connectivity index is 1.52. The SMILES string of the molecule is O=C(CN1CCCC1=O)NC[C@H](c1ccccc1)c1c(-c2ccccc2)[nH]c2ccccc12. The first-order valence-corrected chi connectivity index (χ1v) is 11.5. The van der Waals surface area contributed by atoms with Crippen molar-refractivity contribution in [3.63, 3.8) is 0 Å². The zero-order chi connectivity index (χ0) is 22.6. The first kappa shape index (κ1) is 21.0. The number of fused-ring (bicyclic) bond motifs is 1. The molecule has 2 N–H and O–H groups in total. The number of rotatable bonds is 7. The number of benzene rings is 3. The number of aromatic nitrogens is 1. The van der Waals surface area contributed by atoms with Crippen LogP contribution in [0.3, 0.4) is 0 Å². The van der Waals surface area contributed by atoms with Crippen LogP contribution in [0.1, 0.15) is 29.9 Å². The molecule has 1 fully saturated rings. The van der Waals surface area contributed by atoms with Gasteiger partial charge in [0, 0.05) is 36.3 Å². The van der Waals surface area contributed by atoms with Crippen LogP contribution >= 0.6 is 0 Å². The van der Waals surface area contributed by atoms with E-state index in [0.29, 0.717) is 19.5 Å². The largest absolute Gasteiger partial charge is 0.354 e. The molecule has 5 heteroatoms. The summed E-state index contributed by atoms with van der Waals surface area (Å²) in [6.45, 7) is 1.24. The molecule has 1 saturated heterocycles. The minimum Gasteiger partial charge on any atom is -0.354 e. The third-order valence-electron chi connectivity index (χ3n) is 6.37. The molecular formula is C28H27N3O2. The van der Waals surface area contributed by atoms with Gasteiger partial charge in [0.25, 0.3) is 0 Å². The molecule has 0 radical (unpaired) electrons. The highest BCUT2D eigenvalue weighted by Crippen LogP contribution is 2.38. The second-order valence-corrected chi connectivity index (χ2v) is 8.51. The Morgan fingerprint density at radius 2 is 1.64 bits per heavy atom. The molecule has 0 unspecified atom stereocenters. The number of hydrogen-bond acceptors (Lipinski definition) is 2. The number of para-hydroxylation sites is 1. The molecule has 0 spiro atoms. The Labute approximate surface area is 193 Å². The van der Waals surface area contributed by atoms with Crippen LogP contribution in [0.15, 0.2) is 84.9 Å². The predicted molar refractivity (Wildman–Crippen MR) is 131 cm³/mol. The third-order valence-corrected chi connectivity index (χ3v) is 6.37. The van der Waals surface area contributed by atoms with Crippen LogP contribution in [0.25, 0.3) is 22.2 Å². The number of amides is 2. The third kappa shape index (κ3) is 4.40. The van der Waals surface area contributed by atoms with E-state index in [0.717, 1.165) is 34.1 Å². The van der Waals surface area contributed by atoms with Crippen molar-refractivity contribution in [2.75, 3.05) is 19.6 Å². The standard InChI is InChI=1S/C28H27N3O2/c32-25(19-31-17-9-16-26(31)33)29-18-23(20-10-3-1-4-11-20)27-22-14-7-8-15-24(22)30-28(27)21-12-5-2-6-13-21/h1-8,10-15,23,30H,9,16-19H2,(H,29,32)/t23-/m1/s1. The highest BCUT2D eigenvalue weighted by atomic mass is 16.2. The van der Waals surface area contributed by atoms with Crippen molar-refractivity contribution < 1.29 is 9.59 Å². The molecule has 0 aliphatic carbocycles. The van der Waals surface area contributed by atoms with Gasteiger partial charge in [-0.25, -0.2) is 0 Å². The molecule has 3 aromatic carbocycles. The minimum absolute atomic E-state index is 0.0456. The van der Waals surface area contributed by atoms with E-state index in [-0.39, 0.29) is 24.3 Å². The molecule has 5 nitrogen and oxygen atoms in total. The first-order chi connectivity index (χ1) is 16.2. The summed E-state index contributed by atoms with van der Waals surface area (Å²) in [5.41, 5.74) is 5.55. The number of nitrogens with zero attached hydrogens (tertiary/aromatic N) is 1. The number of aromatic amines is 1. The Hall–Kier alpha value is -3.86. The fraction of sp³-hybridized carbons (Fsp3) is 0.214. The fourth-order valence-corrected chi connectivity index (χ4v) is 4.75. The van der Waals surface area contributed by atoms with E-state index in [1.54, 1.807) is 4.90 Å². The lowest BCUT2D eigenvalue weighted by molar-refractivity contribution is -0.133. The van der Waals surface area contributed by atoms with Gasteiger partial charge < -0.3 is 15.2 Å². The van der Waals surface area contributed by atoms with Crippen molar-refractivity contribution in [1.29, 1.82) is 0 Å². The van der Waals surface area contributed by atoms with E-state index >= 15 is 0 Å². The summed E-state index contributed by atoms with van der Waals surface area (Å²) < 4.78 is 0. The van der Waals surface area contributed by atoms with E-state index in [9.17, 15) is 9.59 Å². The number of carbonyl (C=O) groups excluding carboxylic acids is 2. The van der Waals surface area contributed by atoms with Crippen molar-refractivity contribution in [3.05, 3.63) is 96.1 Å². The lowest BCUT2D eigenvalue weighted by Crippen LogP contribution is -2.39. The van der Waals surface area contributed by atoms with Gasteiger partial charge in [-0.3, -0.25) is 9.59 Å². The van der Waals surface area contributed by atoms with Gasteiger partial charge in [0.15, 0.2) is 0 Å². The maximum Gasteiger partial charge on any atom is 0.239 e. The Morgan fingerprint density at radius 1 is 0.939 bits per heavy atom. The van der Waals surface area contributed by atoms with Crippen LogP contribution in [0.4, 0.5) is 0 Å². The predicted octanol–water partition coefficient (Wildman–Crippen LogP) is 4.71. The molecule has 2 amide bonds. The summed E-state index contributed by atoms with van der Waals surface area (Å²) in [6, 6.07) is 28.9. The maximum atomic E-state index is 12.8. The normalized spacial score (nSPS) is 14.5. The fourth-order valence-electron chi connectivity index (χ4n) is 4.75. The molecular weight excluding hydrogens is 410 g/mol. The molecule has 33 heavy (non-hydrogen) atoms. The van der Waals surface area contributed by atoms with Gasteiger partial charge in [-0.1, -0.05) is 78.9 Å². The van der Waals surface area contributed by atoms with Gasteiger partial charge in [-0.05, 0) is 29.2 Å². The summed E-state index contributed by atoms with van der Waals surface area (Å²) >= 11 is 0. The van der Waals surface area contributed by atoms with Crippen molar-refractivity contribution >= 4 is 22.7 Å². The molecule has 166 valence electrons. The lowest BCUT2D eigenvalue weighted by atomic mass is 9.87. The summed E-state index contributed by atoms with van der Waals surface area (Å²) in [4.78, 5) is 30.0. The number of hydrogen-bond donors (Lipinski definition) is 2. The summed E-state index contributed by atoms with van der Waals surface area (Å²) in [5.74, 6) is -0.101. The quantitative estimate of drug-likeness (QED) is 0.440. The molecule has 1 aliphatic heterocycles. The van der Waals surface area contributed by atoms with Crippen molar-refractivity contribution in [1.82, 2.24) is 15.2 Å². The maximum absolute atomic E-state index is 12.8. The van der Waals surface area contributed by atoms with Crippen molar-refractivity contribution in [2.24, 2.45) is 0 Å². The van der Waals surface area contributed by atoms with E-state index in [4.69, 9.17) is 0 Å². The van der Waals surface area contributed by atoms with Gasteiger partial charge in [-0.15, -0.1) is 0 Å². The highest BCUT2D eigenvalue weighted by Gasteiger charge is 2.26. The van der Waals surface area contributed by atoms with E-state index < -0.39 is 0 Å². The molecule has 4 aromatic rings. The molecule has 1 atom stereocenters. The van der Waals surface area contributed by atoms with Crippen molar-refractivity contribution in [2.45, 2.75) is 18.8 Å². The number of likely N-dealkylation sites (tertiary alicyclic amines) is 1. The number of nitrogens with one attached hydrogen (secondary N) is 2. The average Bonchev–Trinajstić information content (AvgIpc) is 3.44. The zero-order valence-electron chi connectivity index (χ0n) is 18.5. The smallest absolute Gasteiger partial charge is 0.239 e. The van der Waals surface area contributed by atoms with Gasteiger partial charge >= 0.3 is 0 Å². The Bertz CT molecular complexity index is 1260. The van der Waals surface area contributed by atoms with Crippen LogP contribution in [0.2, 0.25) is 0 Å². The summed E-state index contributed by atoms with van der Waals surface area (Å²) in [5, 5.41) is 4.26. The molecule has 2 heterocycles. The van der Waals surface area contributed by atoms with Gasteiger partial charge in [-0.2, -0.15) is 0 Å². The van der Waals surface area contributed by atoms with E-state index in [1.807, 2.05) is 48.5 Å². The van der Waals surface area contributed by atoms with Crippen LogP contribution in [-0.4, -0.2) is 41.3 Å². The molecule has 1 aliphatic rings. The summed E-state index contributed by atoms with van der Waals surface area (Å²) in [7, 11) is 0. The molecule has 5 rings (SSSR count).